The fraction of sp³-hybridized carbons (Fsp3) is 0.333. The first kappa shape index (κ1) is 13.8. The van der Waals surface area contributed by atoms with Crippen molar-refractivity contribution in [2.75, 3.05) is 0 Å². The summed E-state index contributed by atoms with van der Waals surface area (Å²) in [5.41, 5.74) is 3.44. The van der Waals surface area contributed by atoms with Crippen LogP contribution in [0.1, 0.15) is 31.2 Å². The molecule has 108 valence electrons. The van der Waals surface area contributed by atoms with Crippen LogP contribution < -0.4 is 5.32 Å². The quantitative estimate of drug-likeness (QED) is 0.930. The summed E-state index contributed by atoms with van der Waals surface area (Å²) in [6.07, 6.45) is 8.06. The number of amides is 1. The number of hydrogen-bond acceptors (Lipinski definition) is 2. The van der Waals surface area contributed by atoms with Gasteiger partial charge in [-0.05, 0) is 47.7 Å². The Morgan fingerprint density at radius 3 is 2.62 bits per heavy atom. The second-order valence-corrected chi connectivity index (χ2v) is 5.64. The van der Waals surface area contributed by atoms with E-state index in [-0.39, 0.29) is 11.8 Å². The highest BCUT2D eigenvalue weighted by Crippen LogP contribution is 2.25. The number of nitrogens with zero attached hydrogens (tertiary/aromatic N) is 1. The molecule has 0 spiro atoms. The van der Waals surface area contributed by atoms with Gasteiger partial charge in [0, 0.05) is 24.9 Å². The summed E-state index contributed by atoms with van der Waals surface area (Å²) in [4.78, 5) is 16.1. The molecule has 1 aliphatic rings. The maximum atomic E-state index is 12.1. The van der Waals surface area contributed by atoms with E-state index in [9.17, 15) is 4.79 Å². The van der Waals surface area contributed by atoms with Crippen molar-refractivity contribution in [2.24, 2.45) is 5.92 Å². The minimum Gasteiger partial charge on any atom is -0.352 e. The van der Waals surface area contributed by atoms with E-state index in [0.717, 1.165) is 29.5 Å². The van der Waals surface area contributed by atoms with Crippen LogP contribution in [0.25, 0.3) is 11.1 Å². The van der Waals surface area contributed by atoms with E-state index >= 15 is 0 Å². The van der Waals surface area contributed by atoms with Crippen molar-refractivity contribution in [2.45, 2.75) is 32.2 Å². The van der Waals surface area contributed by atoms with Crippen LogP contribution in [-0.4, -0.2) is 10.9 Å². The maximum Gasteiger partial charge on any atom is 0.223 e. The Kier molecular flexibility index (Phi) is 4.29. The van der Waals surface area contributed by atoms with E-state index in [1.807, 2.05) is 18.2 Å². The topological polar surface area (TPSA) is 42.0 Å². The summed E-state index contributed by atoms with van der Waals surface area (Å²) >= 11 is 0. The van der Waals surface area contributed by atoms with Crippen LogP contribution in [-0.2, 0) is 11.3 Å². The zero-order valence-electron chi connectivity index (χ0n) is 12.1. The summed E-state index contributed by atoms with van der Waals surface area (Å²) in [7, 11) is 0. The van der Waals surface area contributed by atoms with E-state index in [1.54, 1.807) is 12.4 Å². The molecule has 1 saturated carbocycles. The molecule has 1 fully saturated rings. The average molecular weight is 280 g/mol. The lowest BCUT2D eigenvalue weighted by Gasteiger charge is -2.11. The predicted octanol–water partition coefficient (Wildman–Crippen LogP) is 3.56. The number of rotatable bonds is 4. The molecule has 0 aliphatic heterocycles. The number of benzene rings is 1. The van der Waals surface area contributed by atoms with E-state index in [2.05, 4.69) is 28.5 Å². The molecule has 3 nitrogen and oxygen atoms in total. The summed E-state index contributed by atoms with van der Waals surface area (Å²) in [5, 5.41) is 3.07. The van der Waals surface area contributed by atoms with Crippen LogP contribution in [0.4, 0.5) is 0 Å². The number of carbonyl (C=O) groups is 1. The van der Waals surface area contributed by atoms with Crippen LogP contribution >= 0.6 is 0 Å². The molecular weight excluding hydrogens is 260 g/mol. The normalized spacial score (nSPS) is 15.0. The molecular formula is C18H20N2O. The highest BCUT2D eigenvalue weighted by Gasteiger charge is 2.22. The number of carbonyl (C=O) groups excluding carboxylic acids is 1. The highest BCUT2D eigenvalue weighted by atomic mass is 16.1. The standard InChI is InChI=1S/C18H20N2O/c21-18(16-5-1-2-6-16)20-13-14-4-3-7-17(12-14)15-8-10-19-11-9-15/h3-4,7-12,16H,1-2,5-6,13H2,(H,20,21). The van der Waals surface area contributed by atoms with Crippen molar-refractivity contribution in [3.05, 3.63) is 54.4 Å². The Morgan fingerprint density at radius 2 is 1.86 bits per heavy atom. The first-order chi connectivity index (χ1) is 10.3. The molecule has 0 bridgehead atoms. The Balaban J connectivity index is 1.65. The Bertz CT molecular complexity index is 604. The average Bonchev–Trinajstić information content (AvgIpc) is 3.08. The van der Waals surface area contributed by atoms with Gasteiger partial charge < -0.3 is 5.32 Å². The summed E-state index contributed by atoms with van der Waals surface area (Å²) in [6, 6.07) is 12.3. The van der Waals surface area contributed by atoms with Gasteiger partial charge in [0.1, 0.15) is 0 Å². The molecule has 0 atom stereocenters. The second-order valence-electron chi connectivity index (χ2n) is 5.64. The lowest BCUT2D eigenvalue weighted by atomic mass is 10.0. The smallest absolute Gasteiger partial charge is 0.223 e. The molecule has 1 amide bonds. The Hall–Kier alpha value is -2.16. The fourth-order valence-corrected chi connectivity index (χ4v) is 2.93. The van der Waals surface area contributed by atoms with Crippen LogP contribution in [0, 0.1) is 5.92 Å². The van der Waals surface area contributed by atoms with Gasteiger partial charge >= 0.3 is 0 Å². The van der Waals surface area contributed by atoms with Gasteiger partial charge in [0.15, 0.2) is 0 Å². The van der Waals surface area contributed by atoms with Crippen LogP contribution in [0.15, 0.2) is 48.8 Å². The molecule has 0 radical (unpaired) electrons. The molecule has 2 aromatic rings. The molecule has 3 rings (SSSR count). The lowest BCUT2D eigenvalue weighted by Crippen LogP contribution is -2.28. The first-order valence-corrected chi connectivity index (χ1v) is 7.60. The Labute approximate surface area is 125 Å². The maximum absolute atomic E-state index is 12.1. The zero-order chi connectivity index (χ0) is 14.5. The highest BCUT2D eigenvalue weighted by molar-refractivity contribution is 5.78. The number of hydrogen-bond donors (Lipinski definition) is 1. The second kappa shape index (κ2) is 6.53. The first-order valence-electron chi connectivity index (χ1n) is 7.60. The van der Waals surface area contributed by atoms with Crippen molar-refractivity contribution in [3.8, 4) is 11.1 Å². The Morgan fingerprint density at radius 1 is 1.10 bits per heavy atom. The van der Waals surface area contributed by atoms with Gasteiger partial charge in [0.05, 0.1) is 0 Å². The molecule has 3 heteroatoms. The van der Waals surface area contributed by atoms with E-state index < -0.39 is 0 Å². The zero-order valence-corrected chi connectivity index (χ0v) is 12.1. The van der Waals surface area contributed by atoms with Crippen LogP contribution in [0.3, 0.4) is 0 Å². The third-order valence-corrected chi connectivity index (χ3v) is 4.13. The third-order valence-electron chi connectivity index (χ3n) is 4.13. The van der Waals surface area contributed by atoms with Crippen molar-refractivity contribution in [1.29, 1.82) is 0 Å². The SMILES string of the molecule is O=C(NCc1cccc(-c2ccncc2)c1)C1CCCC1. The van der Waals surface area contributed by atoms with Gasteiger partial charge in [-0.2, -0.15) is 0 Å². The number of pyridine rings is 1. The van der Waals surface area contributed by atoms with Gasteiger partial charge in [-0.25, -0.2) is 0 Å². The minimum atomic E-state index is 0.210. The van der Waals surface area contributed by atoms with Crippen molar-refractivity contribution in [3.63, 3.8) is 0 Å². The largest absolute Gasteiger partial charge is 0.352 e. The minimum absolute atomic E-state index is 0.210. The van der Waals surface area contributed by atoms with Gasteiger partial charge in [-0.1, -0.05) is 31.0 Å². The third kappa shape index (κ3) is 3.48. The van der Waals surface area contributed by atoms with Crippen LogP contribution in [0.2, 0.25) is 0 Å². The van der Waals surface area contributed by atoms with Crippen molar-refractivity contribution in [1.82, 2.24) is 10.3 Å². The van der Waals surface area contributed by atoms with Gasteiger partial charge in [0.2, 0.25) is 5.91 Å². The summed E-state index contributed by atoms with van der Waals surface area (Å²) in [5.74, 6) is 0.440. The molecule has 0 saturated heterocycles. The van der Waals surface area contributed by atoms with Gasteiger partial charge in [0.25, 0.3) is 0 Å². The molecule has 1 heterocycles. The van der Waals surface area contributed by atoms with E-state index in [1.165, 1.54) is 12.8 Å². The molecule has 0 unspecified atom stereocenters. The molecule has 1 N–H and O–H groups in total. The summed E-state index contributed by atoms with van der Waals surface area (Å²) in [6.45, 7) is 0.605. The van der Waals surface area contributed by atoms with Crippen molar-refractivity contribution >= 4 is 5.91 Å². The van der Waals surface area contributed by atoms with Gasteiger partial charge in [-0.15, -0.1) is 0 Å². The monoisotopic (exact) mass is 280 g/mol. The lowest BCUT2D eigenvalue weighted by molar-refractivity contribution is -0.124. The number of aromatic nitrogens is 1. The molecule has 1 aliphatic carbocycles. The van der Waals surface area contributed by atoms with E-state index in [0.29, 0.717) is 6.54 Å². The molecule has 21 heavy (non-hydrogen) atoms. The fourth-order valence-electron chi connectivity index (χ4n) is 2.93. The predicted molar refractivity (Wildman–Crippen MR) is 83.5 cm³/mol. The van der Waals surface area contributed by atoms with Crippen molar-refractivity contribution < 1.29 is 4.79 Å². The van der Waals surface area contributed by atoms with E-state index in [4.69, 9.17) is 0 Å². The number of nitrogens with one attached hydrogen (secondary N) is 1. The molecule has 1 aromatic heterocycles. The van der Waals surface area contributed by atoms with Gasteiger partial charge in [-0.3, -0.25) is 9.78 Å². The van der Waals surface area contributed by atoms with Crippen LogP contribution in [0.5, 0.6) is 0 Å². The summed E-state index contributed by atoms with van der Waals surface area (Å²) < 4.78 is 0. The molecule has 1 aromatic carbocycles.